The van der Waals surface area contributed by atoms with Crippen LogP contribution in [0.3, 0.4) is 0 Å². The Bertz CT molecular complexity index is 568. The van der Waals surface area contributed by atoms with E-state index >= 15 is 0 Å². The molecule has 0 spiro atoms. The number of rotatable bonds is 7. The quantitative estimate of drug-likeness (QED) is 0.795. The minimum Gasteiger partial charge on any atom is -0.493 e. The van der Waals surface area contributed by atoms with E-state index in [-0.39, 0.29) is 0 Å². The maximum atomic E-state index is 5.31. The third kappa shape index (κ3) is 4.46. The van der Waals surface area contributed by atoms with Gasteiger partial charge in [0.05, 0.1) is 19.9 Å². The molecule has 4 heteroatoms. The maximum Gasteiger partial charge on any atom is 0.160 e. The van der Waals surface area contributed by atoms with Gasteiger partial charge in [-0.05, 0) is 49.2 Å². The Labute approximate surface area is 126 Å². The van der Waals surface area contributed by atoms with Gasteiger partial charge in [0.25, 0.3) is 0 Å². The van der Waals surface area contributed by atoms with Gasteiger partial charge in [-0.15, -0.1) is 0 Å². The topological polar surface area (TPSA) is 43.4 Å². The third-order valence-corrected chi connectivity index (χ3v) is 3.32. The number of ether oxygens (including phenoxy) is 2. The molecule has 112 valence electrons. The van der Waals surface area contributed by atoms with Gasteiger partial charge < -0.3 is 14.8 Å². The van der Waals surface area contributed by atoms with Crippen LogP contribution in [-0.4, -0.2) is 25.7 Å². The molecule has 0 atom stereocenters. The van der Waals surface area contributed by atoms with Crippen molar-refractivity contribution in [3.05, 3.63) is 53.3 Å². The van der Waals surface area contributed by atoms with Gasteiger partial charge in [-0.2, -0.15) is 0 Å². The van der Waals surface area contributed by atoms with Crippen LogP contribution in [0, 0.1) is 6.92 Å². The number of nitrogens with zero attached hydrogens (tertiary/aromatic N) is 1. The van der Waals surface area contributed by atoms with E-state index in [9.17, 15) is 0 Å². The molecule has 0 aliphatic carbocycles. The predicted molar refractivity (Wildman–Crippen MR) is 83.9 cm³/mol. The summed E-state index contributed by atoms with van der Waals surface area (Å²) >= 11 is 0. The number of aryl methyl sites for hydroxylation is 1. The summed E-state index contributed by atoms with van der Waals surface area (Å²) in [5.74, 6) is 1.54. The molecule has 0 unspecified atom stereocenters. The van der Waals surface area contributed by atoms with E-state index in [4.69, 9.17) is 9.47 Å². The second kappa shape index (κ2) is 7.64. The van der Waals surface area contributed by atoms with E-state index in [1.807, 2.05) is 25.3 Å². The lowest BCUT2D eigenvalue weighted by molar-refractivity contribution is 0.354. The lowest BCUT2D eigenvalue weighted by Gasteiger charge is -2.10. The first-order chi connectivity index (χ1) is 10.2. The van der Waals surface area contributed by atoms with Crippen molar-refractivity contribution >= 4 is 0 Å². The van der Waals surface area contributed by atoms with Crippen LogP contribution >= 0.6 is 0 Å². The first-order valence-electron chi connectivity index (χ1n) is 7.06. The summed E-state index contributed by atoms with van der Waals surface area (Å²) in [5, 5.41) is 3.40. The first-order valence-corrected chi connectivity index (χ1v) is 7.06. The molecule has 0 aliphatic rings. The van der Waals surface area contributed by atoms with Gasteiger partial charge in [0, 0.05) is 12.7 Å². The summed E-state index contributed by atoms with van der Waals surface area (Å²) in [5.41, 5.74) is 3.47. The number of hydrogen-bond donors (Lipinski definition) is 1. The molecule has 2 aromatic rings. The average molecular weight is 286 g/mol. The molecule has 0 aliphatic heterocycles. The molecule has 1 N–H and O–H groups in total. The Hall–Kier alpha value is -2.07. The fraction of sp³-hybridized carbons (Fsp3) is 0.353. The van der Waals surface area contributed by atoms with Gasteiger partial charge in [-0.1, -0.05) is 12.1 Å². The number of hydrogen-bond acceptors (Lipinski definition) is 4. The van der Waals surface area contributed by atoms with Crippen molar-refractivity contribution in [2.75, 3.05) is 20.8 Å². The Morgan fingerprint density at radius 3 is 2.52 bits per heavy atom. The average Bonchev–Trinajstić information content (AvgIpc) is 2.53. The maximum absolute atomic E-state index is 5.31. The number of nitrogens with one attached hydrogen (secondary N) is 1. The molecule has 21 heavy (non-hydrogen) atoms. The molecule has 1 heterocycles. The van der Waals surface area contributed by atoms with E-state index in [0.29, 0.717) is 0 Å². The molecule has 0 amide bonds. The van der Waals surface area contributed by atoms with Crippen molar-refractivity contribution in [2.45, 2.75) is 19.9 Å². The molecule has 0 saturated heterocycles. The summed E-state index contributed by atoms with van der Waals surface area (Å²) in [6.07, 6.45) is 2.83. The molecule has 0 saturated carbocycles. The molecular formula is C17H22N2O2. The van der Waals surface area contributed by atoms with Gasteiger partial charge >= 0.3 is 0 Å². The highest BCUT2D eigenvalue weighted by molar-refractivity contribution is 5.42. The molecule has 2 rings (SSSR count). The number of methoxy groups -OCH3 is 2. The fourth-order valence-electron chi connectivity index (χ4n) is 2.09. The van der Waals surface area contributed by atoms with E-state index in [1.54, 1.807) is 14.2 Å². The Balaban J connectivity index is 1.82. The van der Waals surface area contributed by atoms with E-state index in [1.165, 1.54) is 11.1 Å². The molecule has 4 nitrogen and oxygen atoms in total. The van der Waals surface area contributed by atoms with Crippen LogP contribution in [-0.2, 0) is 13.0 Å². The zero-order valence-electron chi connectivity index (χ0n) is 12.8. The second-order valence-corrected chi connectivity index (χ2v) is 4.94. The minimum absolute atomic E-state index is 0.762. The summed E-state index contributed by atoms with van der Waals surface area (Å²) in [6, 6.07) is 10.2. The first kappa shape index (κ1) is 15.3. The Kier molecular flexibility index (Phi) is 5.58. The highest BCUT2D eigenvalue weighted by Crippen LogP contribution is 2.27. The predicted octanol–water partition coefficient (Wildman–Crippen LogP) is 2.74. The minimum atomic E-state index is 0.762. The molecule has 0 radical (unpaired) electrons. The van der Waals surface area contributed by atoms with Crippen LogP contribution in [0.15, 0.2) is 36.5 Å². The van der Waals surface area contributed by atoms with Crippen molar-refractivity contribution in [1.82, 2.24) is 10.3 Å². The second-order valence-electron chi connectivity index (χ2n) is 4.94. The van der Waals surface area contributed by atoms with Gasteiger partial charge in [-0.3, -0.25) is 4.98 Å². The van der Waals surface area contributed by atoms with Gasteiger partial charge in [0.2, 0.25) is 0 Å². The Morgan fingerprint density at radius 1 is 1.05 bits per heavy atom. The largest absolute Gasteiger partial charge is 0.493 e. The van der Waals surface area contributed by atoms with Crippen LogP contribution < -0.4 is 14.8 Å². The van der Waals surface area contributed by atoms with Crippen LogP contribution in [0.1, 0.15) is 16.8 Å². The van der Waals surface area contributed by atoms with Crippen LogP contribution in [0.4, 0.5) is 0 Å². The highest BCUT2D eigenvalue weighted by atomic mass is 16.5. The Morgan fingerprint density at radius 2 is 1.86 bits per heavy atom. The molecule has 1 aromatic heterocycles. The van der Waals surface area contributed by atoms with Crippen LogP contribution in [0.25, 0.3) is 0 Å². The van der Waals surface area contributed by atoms with Gasteiger partial charge in [-0.25, -0.2) is 0 Å². The monoisotopic (exact) mass is 286 g/mol. The van der Waals surface area contributed by atoms with E-state index < -0.39 is 0 Å². The summed E-state index contributed by atoms with van der Waals surface area (Å²) < 4.78 is 10.5. The smallest absolute Gasteiger partial charge is 0.160 e. The summed E-state index contributed by atoms with van der Waals surface area (Å²) in [4.78, 5) is 4.37. The lowest BCUT2D eigenvalue weighted by atomic mass is 10.1. The zero-order valence-corrected chi connectivity index (χ0v) is 12.8. The summed E-state index contributed by atoms with van der Waals surface area (Å²) in [6.45, 7) is 3.72. The SMILES string of the molecule is COc1ccc(CCNCc2ccc(C)cn2)cc1OC. The van der Waals surface area contributed by atoms with Crippen LogP contribution in [0.2, 0.25) is 0 Å². The number of pyridine rings is 1. The van der Waals surface area contributed by atoms with Gasteiger partial charge in [0.1, 0.15) is 0 Å². The molecular weight excluding hydrogens is 264 g/mol. The van der Waals surface area contributed by atoms with E-state index in [0.717, 1.165) is 36.7 Å². The molecule has 1 aromatic carbocycles. The van der Waals surface area contributed by atoms with Gasteiger partial charge in [0.15, 0.2) is 11.5 Å². The normalized spacial score (nSPS) is 10.4. The highest BCUT2D eigenvalue weighted by Gasteiger charge is 2.04. The number of benzene rings is 1. The van der Waals surface area contributed by atoms with Crippen molar-refractivity contribution in [2.24, 2.45) is 0 Å². The van der Waals surface area contributed by atoms with Crippen molar-refractivity contribution < 1.29 is 9.47 Å². The standard InChI is InChI=1S/C17H22N2O2/c1-13-4-6-15(19-11-13)12-18-9-8-14-5-7-16(20-2)17(10-14)21-3/h4-7,10-11,18H,8-9,12H2,1-3H3. The van der Waals surface area contributed by atoms with Crippen molar-refractivity contribution in [3.8, 4) is 11.5 Å². The van der Waals surface area contributed by atoms with Crippen molar-refractivity contribution in [1.29, 1.82) is 0 Å². The lowest BCUT2D eigenvalue weighted by Crippen LogP contribution is -2.17. The zero-order chi connectivity index (χ0) is 15.1. The third-order valence-electron chi connectivity index (χ3n) is 3.32. The van der Waals surface area contributed by atoms with Crippen LogP contribution in [0.5, 0.6) is 11.5 Å². The van der Waals surface area contributed by atoms with E-state index in [2.05, 4.69) is 28.5 Å². The number of aromatic nitrogens is 1. The fourth-order valence-corrected chi connectivity index (χ4v) is 2.09. The van der Waals surface area contributed by atoms with Crippen molar-refractivity contribution in [3.63, 3.8) is 0 Å². The summed E-state index contributed by atoms with van der Waals surface area (Å²) in [7, 11) is 3.30. The molecule has 0 fully saturated rings. The molecule has 0 bridgehead atoms.